The van der Waals surface area contributed by atoms with E-state index >= 15 is 0 Å². The van der Waals surface area contributed by atoms with Crippen molar-refractivity contribution in [2.75, 3.05) is 0 Å². The first-order valence-corrected chi connectivity index (χ1v) is 6.93. The van der Waals surface area contributed by atoms with Crippen molar-refractivity contribution in [2.24, 2.45) is 0 Å². The van der Waals surface area contributed by atoms with Crippen LogP contribution in [0.3, 0.4) is 0 Å². The molecule has 5 nitrogen and oxygen atoms in total. The van der Waals surface area contributed by atoms with Crippen LogP contribution in [-0.4, -0.2) is 17.5 Å². The van der Waals surface area contributed by atoms with Gasteiger partial charge in [-0.2, -0.15) is 0 Å². The molecule has 0 unspecified atom stereocenters. The Bertz CT molecular complexity index is 595. The molecule has 23 heavy (non-hydrogen) atoms. The molecule has 0 aliphatic heterocycles. The number of phenols is 2. The van der Waals surface area contributed by atoms with Crippen molar-refractivity contribution >= 4 is 7.32 Å². The summed E-state index contributed by atoms with van der Waals surface area (Å²) in [6, 6.07) is 10.5. The minimum absolute atomic E-state index is 0. The first-order chi connectivity index (χ1) is 10.5. The fourth-order valence-electron chi connectivity index (χ4n) is 2.04. The van der Waals surface area contributed by atoms with Crippen LogP contribution in [-0.2, 0) is 22.5 Å². The summed E-state index contributed by atoms with van der Waals surface area (Å²) in [7, 11) is -1.69. The third-order valence-corrected chi connectivity index (χ3v) is 3.39. The minimum Gasteiger partial charge on any atom is -0.832 e. The smallest absolute Gasteiger partial charge is 0.832 e. The maximum Gasteiger partial charge on any atom is 1.00 e. The monoisotopic (exact) mass is 324 g/mol. The molecule has 0 saturated heterocycles. The Morgan fingerprint density at radius 2 is 1.26 bits per heavy atom. The molecule has 0 aliphatic carbocycles. The Labute approximate surface area is 158 Å². The third kappa shape index (κ3) is 5.53. The van der Waals surface area contributed by atoms with E-state index in [2.05, 4.69) is 0 Å². The third-order valence-electron chi connectivity index (χ3n) is 3.39. The van der Waals surface area contributed by atoms with Gasteiger partial charge < -0.3 is 24.5 Å². The number of rotatable bonds is 6. The summed E-state index contributed by atoms with van der Waals surface area (Å²) in [5.74, 6) is 0.233. The fourth-order valence-corrected chi connectivity index (χ4v) is 2.04. The van der Waals surface area contributed by atoms with Crippen molar-refractivity contribution in [3.8, 4) is 11.5 Å². The van der Waals surface area contributed by atoms with Crippen molar-refractivity contribution in [3.05, 3.63) is 58.7 Å². The van der Waals surface area contributed by atoms with Crippen LogP contribution in [0.15, 0.2) is 36.4 Å². The molecule has 0 fully saturated rings. The zero-order chi connectivity index (χ0) is 16.1. The van der Waals surface area contributed by atoms with Crippen molar-refractivity contribution in [1.82, 2.24) is 0 Å². The number of benzene rings is 2. The molecule has 0 amide bonds. The van der Waals surface area contributed by atoms with Gasteiger partial charge in [0.2, 0.25) is 0 Å². The molecule has 0 spiro atoms. The van der Waals surface area contributed by atoms with Gasteiger partial charge in [0.25, 0.3) is 0 Å². The van der Waals surface area contributed by atoms with E-state index < -0.39 is 7.32 Å². The topological polar surface area (TPSA) is 82.0 Å². The fraction of sp³-hybridized carbons (Fsp3) is 0.250. The van der Waals surface area contributed by atoms with Gasteiger partial charge in [-0.05, 0) is 25.0 Å². The molecule has 2 rings (SSSR count). The van der Waals surface area contributed by atoms with Gasteiger partial charge >= 0.3 is 36.9 Å². The standard InChI is InChI=1S/C16H18BO5.Na/c1-11-5-3-7-13(15(11)18)9-21-17(20)22-10-14-8-4-6-12(2)16(14)19;/h3-8,18-19H,9-10H2,1-2H3;/q-1;+1. The van der Waals surface area contributed by atoms with E-state index in [0.717, 1.165) is 0 Å². The maximum atomic E-state index is 11.7. The predicted molar refractivity (Wildman–Crippen MR) is 81.0 cm³/mol. The van der Waals surface area contributed by atoms with Crippen molar-refractivity contribution in [2.45, 2.75) is 27.1 Å². The Morgan fingerprint density at radius 1 is 0.870 bits per heavy atom. The molecule has 0 aromatic heterocycles. The van der Waals surface area contributed by atoms with Crippen LogP contribution >= 0.6 is 0 Å². The van der Waals surface area contributed by atoms with Crippen molar-refractivity contribution in [1.29, 1.82) is 0 Å². The average Bonchev–Trinajstić information content (AvgIpc) is 2.50. The summed E-state index contributed by atoms with van der Waals surface area (Å²) < 4.78 is 10.1. The predicted octanol–water partition coefficient (Wildman–Crippen LogP) is -1.20. The molecule has 2 aromatic rings. The van der Waals surface area contributed by atoms with Crippen LogP contribution < -0.4 is 34.6 Å². The first kappa shape index (κ1) is 20.0. The Morgan fingerprint density at radius 3 is 1.65 bits per heavy atom. The molecule has 0 saturated carbocycles. The molecule has 0 atom stereocenters. The van der Waals surface area contributed by atoms with Gasteiger partial charge in [-0.15, -0.1) is 0 Å². The van der Waals surface area contributed by atoms with Gasteiger partial charge in [0.1, 0.15) is 11.5 Å². The molecular formula is C16H18BNaO5. The van der Waals surface area contributed by atoms with Crippen LogP contribution in [0.5, 0.6) is 11.5 Å². The van der Waals surface area contributed by atoms with E-state index in [4.69, 9.17) is 9.31 Å². The van der Waals surface area contributed by atoms with Crippen molar-refractivity contribution < 1.29 is 54.1 Å². The van der Waals surface area contributed by atoms with E-state index in [9.17, 15) is 15.2 Å². The van der Waals surface area contributed by atoms with E-state index in [1.165, 1.54) is 0 Å². The first-order valence-electron chi connectivity index (χ1n) is 6.93. The van der Waals surface area contributed by atoms with Crippen molar-refractivity contribution in [3.63, 3.8) is 0 Å². The van der Waals surface area contributed by atoms with Crippen LogP contribution in [0.1, 0.15) is 22.3 Å². The van der Waals surface area contributed by atoms with Gasteiger partial charge in [-0.25, -0.2) is 0 Å². The second-order valence-corrected chi connectivity index (χ2v) is 5.08. The zero-order valence-corrected chi connectivity index (χ0v) is 15.6. The number of aromatic hydroxyl groups is 2. The summed E-state index contributed by atoms with van der Waals surface area (Å²) in [6.07, 6.45) is 0. The number of hydrogen-bond donors (Lipinski definition) is 2. The summed E-state index contributed by atoms with van der Waals surface area (Å²) in [4.78, 5) is 0. The summed E-state index contributed by atoms with van der Waals surface area (Å²) in [6.45, 7) is 3.46. The molecule has 7 heteroatoms. The van der Waals surface area contributed by atoms with E-state index in [1.807, 2.05) is 0 Å². The number of para-hydroxylation sites is 2. The molecule has 2 N–H and O–H groups in total. The largest absolute Gasteiger partial charge is 1.00 e. The molecule has 2 aromatic carbocycles. The quantitative estimate of drug-likeness (QED) is 0.652. The average molecular weight is 324 g/mol. The molecule has 116 valence electrons. The summed E-state index contributed by atoms with van der Waals surface area (Å²) in [5.41, 5.74) is 2.49. The van der Waals surface area contributed by atoms with Gasteiger partial charge in [-0.3, -0.25) is 0 Å². The molecular weight excluding hydrogens is 306 g/mol. The number of phenolic OH excluding ortho intramolecular Hbond substituents is 2. The molecule has 0 radical (unpaired) electrons. The molecule has 0 heterocycles. The van der Waals surface area contributed by atoms with Gasteiger partial charge in [0, 0.05) is 11.1 Å². The zero-order valence-electron chi connectivity index (χ0n) is 13.6. The second kappa shape index (κ2) is 9.32. The van der Waals surface area contributed by atoms with E-state index in [1.54, 1.807) is 50.2 Å². The summed E-state index contributed by atoms with van der Waals surface area (Å²) >= 11 is 0. The molecule has 0 bridgehead atoms. The van der Waals surface area contributed by atoms with E-state index in [-0.39, 0.29) is 54.3 Å². The maximum absolute atomic E-state index is 11.7. The minimum atomic E-state index is -1.69. The van der Waals surface area contributed by atoms with Crippen LogP contribution in [0.2, 0.25) is 0 Å². The second-order valence-electron chi connectivity index (χ2n) is 5.08. The Balaban J connectivity index is 0.00000264. The number of hydrogen-bond acceptors (Lipinski definition) is 5. The van der Waals surface area contributed by atoms with Gasteiger partial charge in [0.05, 0.1) is 13.2 Å². The SMILES string of the molecule is Cc1cccc(COB([O-])OCc2cccc(C)c2O)c1O.[Na+]. The van der Waals surface area contributed by atoms with Gasteiger partial charge in [0.15, 0.2) is 0 Å². The Hall–Kier alpha value is -1.02. The van der Waals surface area contributed by atoms with Crippen LogP contribution in [0.4, 0.5) is 0 Å². The Kier molecular flexibility index (Phi) is 8.12. The normalized spacial score (nSPS) is 10.2. The van der Waals surface area contributed by atoms with E-state index in [0.29, 0.717) is 22.3 Å². The van der Waals surface area contributed by atoms with Crippen LogP contribution in [0.25, 0.3) is 0 Å². The molecule has 0 aliphatic rings. The van der Waals surface area contributed by atoms with Crippen LogP contribution in [0, 0.1) is 13.8 Å². The summed E-state index contributed by atoms with van der Waals surface area (Å²) in [5, 5.41) is 31.3. The number of aryl methyl sites for hydroxylation is 2. The van der Waals surface area contributed by atoms with Gasteiger partial charge in [-0.1, -0.05) is 36.4 Å².